The zero-order valence-corrected chi connectivity index (χ0v) is 22.0. The molecule has 2 fully saturated rings. The van der Waals surface area contributed by atoms with Crippen molar-refractivity contribution >= 4 is 41.7 Å². The number of hydrogen-bond acceptors (Lipinski definition) is 4. The lowest BCUT2D eigenvalue weighted by atomic mass is 10.2. The summed E-state index contributed by atoms with van der Waals surface area (Å²) in [4.78, 5) is 25.9. The van der Waals surface area contributed by atoms with Gasteiger partial charge in [0, 0.05) is 51.9 Å². The van der Waals surface area contributed by atoms with Crippen molar-refractivity contribution in [2.75, 3.05) is 44.2 Å². The average molecular weight is 557 g/mol. The minimum absolute atomic E-state index is 0. The summed E-state index contributed by atoms with van der Waals surface area (Å²) in [5.41, 5.74) is 1.12. The number of anilines is 1. The number of carbonyl (C=O) groups excluding carboxylic acids is 1. The minimum atomic E-state index is 0. The molecule has 0 bridgehead atoms. The first-order valence-electron chi connectivity index (χ1n) is 12.3. The van der Waals surface area contributed by atoms with Gasteiger partial charge >= 0.3 is 0 Å². The third-order valence-corrected chi connectivity index (χ3v) is 6.07. The lowest BCUT2D eigenvalue weighted by Crippen LogP contribution is -2.39. The summed E-state index contributed by atoms with van der Waals surface area (Å²) >= 11 is 0. The predicted molar refractivity (Wildman–Crippen MR) is 143 cm³/mol. The Labute approximate surface area is 210 Å². The molecule has 0 spiro atoms. The second kappa shape index (κ2) is 15.3. The van der Waals surface area contributed by atoms with Crippen LogP contribution in [-0.2, 0) is 11.3 Å². The minimum Gasteiger partial charge on any atom is -0.357 e. The summed E-state index contributed by atoms with van der Waals surface area (Å²) in [6, 6.07) is 4.28. The van der Waals surface area contributed by atoms with Crippen molar-refractivity contribution in [3.05, 3.63) is 23.9 Å². The molecule has 3 rings (SSSR count). The summed E-state index contributed by atoms with van der Waals surface area (Å²) in [6.07, 6.45) is 12.1. The van der Waals surface area contributed by atoms with Crippen molar-refractivity contribution in [1.29, 1.82) is 0 Å². The monoisotopic (exact) mass is 556 g/mol. The van der Waals surface area contributed by atoms with Crippen LogP contribution in [0.15, 0.2) is 23.3 Å². The Morgan fingerprint density at radius 1 is 1.03 bits per heavy atom. The summed E-state index contributed by atoms with van der Waals surface area (Å²) in [6.45, 7) is 8.27. The smallest absolute Gasteiger partial charge is 0.222 e. The highest BCUT2D eigenvalue weighted by molar-refractivity contribution is 14.0. The maximum Gasteiger partial charge on any atom is 0.222 e. The van der Waals surface area contributed by atoms with Gasteiger partial charge < -0.3 is 20.4 Å². The van der Waals surface area contributed by atoms with Crippen LogP contribution in [0.5, 0.6) is 0 Å². The number of pyridine rings is 1. The van der Waals surface area contributed by atoms with Crippen LogP contribution >= 0.6 is 24.0 Å². The summed E-state index contributed by atoms with van der Waals surface area (Å²) in [5.74, 6) is 2.22. The Morgan fingerprint density at radius 2 is 1.78 bits per heavy atom. The molecule has 0 atom stereocenters. The van der Waals surface area contributed by atoms with Crippen LogP contribution in [0.2, 0.25) is 0 Å². The topological polar surface area (TPSA) is 72.9 Å². The van der Waals surface area contributed by atoms with Crippen molar-refractivity contribution in [2.45, 2.75) is 71.3 Å². The van der Waals surface area contributed by atoms with Crippen molar-refractivity contribution in [3.8, 4) is 0 Å². The number of likely N-dealkylation sites (tertiary alicyclic amines) is 1. The molecule has 7 nitrogen and oxygen atoms in total. The van der Waals surface area contributed by atoms with Crippen molar-refractivity contribution in [2.24, 2.45) is 4.99 Å². The van der Waals surface area contributed by atoms with Gasteiger partial charge in [-0.25, -0.2) is 9.98 Å². The molecule has 1 aromatic heterocycles. The number of aliphatic imine (C=N–C) groups is 1. The number of rotatable bonds is 8. The fourth-order valence-electron chi connectivity index (χ4n) is 4.26. The Balaban J connectivity index is 0.00000363. The normalized spacial score (nSPS) is 17.9. The molecule has 0 aromatic carbocycles. The number of hydrogen-bond donors (Lipinski definition) is 2. The number of amides is 1. The zero-order valence-electron chi connectivity index (χ0n) is 19.7. The maximum atomic E-state index is 12.1. The highest BCUT2D eigenvalue weighted by Gasteiger charge is 2.15. The van der Waals surface area contributed by atoms with E-state index < -0.39 is 0 Å². The van der Waals surface area contributed by atoms with E-state index in [1.54, 1.807) is 0 Å². The van der Waals surface area contributed by atoms with Gasteiger partial charge in [0.1, 0.15) is 5.82 Å². The fraction of sp³-hybridized carbons (Fsp3) is 0.708. The molecular weight excluding hydrogens is 515 g/mol. The van der Waals surface area contributed by atoms with E-state index in [2.05, 4.69) is 39.6 Å². The van der Waals surface area contributed by atoms with Gasteiger partial charge in [0.2, 0.25) is 5.91 Å². The van der Waals surface area contributed by atoms with Crippen LogP contribution in [0.25, 0.3) is 0 Å². The first-order chi connectivity index (χ1) is 15.3. The van der Waals surface area contributed by atoms with Gasteiger partial charge in [-0.3, -0.25) is 4.79 Å². The van der Waals surface area contributed by atoms with Gasteiger partial charge in [0.15, 0.2) is 5.96 Å². The molecular formula is C24H41IN6O. The van der Waals surface area contributed by atoms with E-state index in [1.165, 1.54) is 32.1 Å². The van der Waals surface area contributed by atoms with Crippen LogP contribution in [0.1, 0.15) is 70.3 Å². The molecule has 0 aliphatic carbocycles. The lowest BCUT2D eigenvalue weighted by Gasteiger charge is -2.21. The summed E-state index contributed by atoms with van der Waals surface area (Å²) < 4.78 is 0. The van der Waals surface area contributed by atoms with Crippen LogP contribution in [-0.4, -0.2) is 61.0 Å². The molecule has 32 heavy (non-hydrogen) atoms. The summed E-state index contributed by atoms with van der Waals surface area (Å²) in [7, 11) is 0. The van der Waals surface area contributed by atoms with Crippen LogP contribution in [0, 0.1) is 0 Å². The molecule has 0 unspecified atom stereocenters. The Hall–Kier alpha value is -1.58. The molecule has 2 aliphatic rings. The average Bonchev–Trinajstić information content (AvgIpc) is 3.18. The quantitative estimate of drug-likeness (QED) is 0.220. The van der Waals surface area contributed by atoms with Crippen molar-refractivity contribution < 1.29 is 4.79 Å². The van der Waals surface area contributed by atoms with E-state index in [0.717, 1.165) is 75.9 Å². The number of halogens is 1. The van der Waals surface area contributed by atoms with Gasteiger partial charge in [-0.2, -0.15) is 0 Å². The highest BCUT2D eigenvalue weighted by atomic mass is 127. The molecule has 0 saturated carbocycles. The Morgan fingerprint density at radius 3 is 2.50 bits per heavy atom. The summed E-state index contributed by atoms with van der Waals surface area (Å²) in [5, 5.41) is 6.71. The van der Waals surface area contributed by atoms with Gasteiger partial charge in [-0.1, -0.05) is 25.3 Å². The molecule has 0 radical (unpaired) electrons. The Bertz CT molecular complexity index is 688. The van der Waals surface area contributed by atoms with Gasteiger partial charge in [-0.05, 0) is 50.7 Å². The van der Waals surface area contributed by atoms with E-state index >= 15 is 0 Å². The van der Waals surface area contributed by atoms with Crippen molar-refractivity contribution in [1.82, 2.24) is 20.5 Å². The zero-order chi connectivity index (χ0) is 21.7. The van der Waals surface area contributed by atoms with E-state index in [0.29, 0.717) is 18.9 Å². The molecule has 180 valence electrons. The largest absolute Gasteiger partial charge is 0.357 e. The standard InChI is InChI=1S/C24H40N6O.HI/c1-2-25-24(26-14-10-18-30-17-9-5-6-11-23(30)31)28-20-21-12-13-22(27-19-21)29-15-7-3-4-8-16-29;/h12-13,19H,2-11,14-18,20H2,1H3,(H2,25,26,28);1H. The molecule has 8 heteroatoms. The number of nitrogens with zero attached hydrogens (tertiary/aromatic N) is 4. The molecule has 2 saturated heterocycles. The maximum absolute atomic E-state index is 12.1. The number of aromatic nitrogens is 1. The van der Waals surface area contributed by atoms with Crippen LogP contribution in [0.3, 0.4) is 0 Å². The highest BCUT2D eigenvalue weighted by Crippen LogP contribution is 2.17. The van der Waals surface area contributed by atoms with Crippen LogP contribution in [0.4, 0.5) is 5.82 Å². The number of nitrogens with one attached hydrogen (secondary N) is 2. The van der Waals surface area contributed by atoms with Gasteiger partial charge in [0.25, 0.3) is 0 Å². The second-order valence-electron chi connectivity index (χ2n) is 8.59. The Kier molecular flexibility index (Phi) is 12.7. The van der Waals surface area contributed by atoms with E-state index in [4.69, 9.17) is 4.99 Å². The third kappa shape index (κ3) is 9.11. The van der Waals surface area contributed by atoms with E-state index in [-0.39, 0.29) is 24.0 Å². The van der Waals surface area contributed by atoms with Crippen molar-refractivity contribution in [3.63, 3.8) is 0 Å². The first kappa shape index (κ1) is 26.7. The van der Waals surface area contributed by atoms with E-state index in [1.807, 2.05) is 11.1 Å². The fourth-order valence-corrected chi connectivity index (χ4v) is 4.26. The van der Waals surface area contributed by atoms with E-state index in [9.17, 15) is 4.79 Å². The first-order valence-corrected chi connectivity index (χ1v) is 12.3. The second-order valence-corrected chi connectivity index (χ2v) is 8.59. The van der Waals surface area contributed by atoms with Crippen LogP contribution < -0.4 is 15.5 Å². The SMILES string of the molecule is CCNC(=NCc1ccc(N2CCCCCC2)nc1)NCCCN1CCCCCC1=O.I. The number of guanidine groups is 1. The predicted octanol–water partition coefficient (Wildman–Crippen LogP) is 3.93. The number of carbonyl (C=O) groups is 1. The lowest BCUT2D eigenvalue weighted by molar-refractivity contribution is -0.130. The molecule has 2 aliphatic heterocycles. The molecule has 1 amide bonds. The molecule has 3 heterocycles. The molecule has 1 aromatic rings. The van der Waals surface area contributed by atoms with Gasteiger partial charge in [0.05, 0.1) is 6.54 Å². The van der Waals surface area contributed by atoms with Gasteiger partial charge in [-0.15, -0.1) is 24.0 Å². The third-order valence-electron chi connectivity index (χ3n) is 6.07. The molecule has 2 N–H and O–H groups in total.